The van der Waals surface area contributed by atoms with Crippen LogP contribution in [0.5, 0.6) is 0 Å². The van der Waals surface area contributed by atoms with Gasteiger partial charge in [-0.15, -0.1) is 11.8 Å². The Morgan fingerprint density at radius 3 is 2.47 bits per heavy atom. The third-order valence-corrected chi connectivity index (χ3v) is 6.75. The number of hydrogen-bond donors (Lipinski definition) is 7. The van der Waals surface area contributed by atoms with Gasteiger partial charge in [-0.05, 0) is 32.4 Å². The van der Waals surface area contributed by atoms with Gasteiger partial charge in [0.2, 0.25) is 17.8 Å². The van der Waals surface area contributed by atoms with E-state index in [0.717, 1.165) is 37.7 Å². The quantitative estimate of drug-likeness (QED) is 0.126. The first-order valence-corrected chi connectivity index (χ1v) is 12.7. The standard InChI is InChI=1S/C21H35N7O7S/c22-14(20(34)35)4-5-16(30)26-15(19(33)24-9-18(31)32)12-36-17-8-25-21(23)28(17)11-13(29)10-27-6-2-1-3-7-27/h8,13-15,29H,1-7,9-12,22H2,(H2,23,25)(H,24,33)(H,26,30)(H,31,32)(H,34,35). The molecule has 0 radical (unpaired) electrons. The van der Waals surface area contributed by atoms with Gasteiger partial charge in [0.1, 0.15) is 18.6 Å². The Hall–Kier alpha value is -2.88. The maximum absolute atomic E-state index is 12.5. The number of nitrogens with two attached hydrogens (primary N) is 2. The number of aliphatic carboxylic acids is 2. The number of nitrogens with zero attached hydrogens (tertiary/aromatic N) is 3. The molecule has 0 saturated carbocycles. The van der Waals surface area contributed by atoms with Crippen LogP contribution in [0.4, 0.5) is 5.95 Å². The average Bonchev–Trinajstić information content (AvgIpc) is 3.17. The molecule has 0 bridgehead atoms. The van der Waals surface area contributed by atoms with E-state index in [1.54, 1.807) is 4.57 Å². The molecule has 2 heterocycles. The number of aliphatic hydroxyl groups is 1. The minimum absolute atomic E-state index is 0.00945. The summed E-state index contributed by atoms with van der Waals surface area (Å²) < 4.78 is 1.62. The molecule has 1 aromatic heterocycles. The Kier molecular flexibility index (Phi) is 11.9. The summed E-state index contributed by atoms with van der Waals surface area (Å²) >= 11 is 1.15. The molecule has 0 spiro atoms. The van der Waals surface area contributed by atoms with Gasteiger partial charge in [0.15, 0.2) is 0 Å². The lowest BCUT2D eigenvalue weighted by molar-refractivity contribution is -0.139. The number of aliphatic hydroxyl groups excluding tert-OH is 1. The van der Waals surface area contributed by atoms with Crippen molar-refractivity contribution in [2.45, 2.75) is 61.9 Å². The smallest absolute Gasteiger partial charge is 0.322 e. The van der Waals surface area contributed by atoms with E-state index in [0.29, 0.717) is 11.6 Å². The Balaban J connectivity index is 2.00. The molecule has 1 saturated heterocycles. The Bertz CT molecular complexity index is 907. The van der Waals surface area contributed by atoms with Gasteiger partial charge in [0.05, 0.1) is 23.9 Å². The molecule has 3 unspecified atom stereocenters. The highest BCUT2D eigenvalue weighted by molar-refractivity contribution is 7.99. The van der Waals surface area contributed by atoms with Crippen LogP contribution in [0.1, 0.15) is 32.1 Å². The Labute approximate surface area is 212 Å². The number of nitrogen functional groups attached to an aromatic ring is 1. The van der Waals surface area contributed by atoms with Crippen molar-refractivity contribution in [3.8, 4) is 0 Å². The number of thioether (sulfide) groups is 1. The highest BCUT2D eigenvalue weighted by Gasteiger charge is 2.24. The molecule has 15 heteroatoms. The van der Waals surface area contributed by atoms with E-state index in [9.17, 15) is 24.3 Å². The second kappa shape index (κ2) is 14.6. The molecular formula is C21H35N7O7S. The summed E-state index contributed by atoms with van der Waals surface area (Å²) in [7, 11) is 0. The van der Waals surface area contributed by atoms with E-state index < -0.39 is 48.5 Å². The number of carboxylic acids is 2. The number of amides is 2. The highest BCUT2D eigenvalue weighted by Crippen LogP contribution is 2.23. The van der Waals surface area contributed by atoms with Crippen molar-refractivity contribution < 1.29 is 34.5 Å². The van der Waals surface area contributed by atoms with Gasteiger partial charge < -0.3 is 46.9 Å². The van der Waals surface area contributed by atoms with E-state index in [2.05, 4.69) is 20.5 Å². The molecule has 2 rings (SSSR count). The van der Waals surface area contributed by atoms with Gasteiger partial charge in [-0.3, -0.25) is 19.2 Å². The van der Waals surface area contributed by atoms with Crippen molar-refractivity contribution in [3.05, 3.63) is 6.20 Å². The molecular weight excluding hydrogens is 494 g/mol. The number of rotatable bonds is 15. The van der Waals surface area contributed by atoms with Crippen LogP contribution in [0.2, 0.25) is 0 Å². The Morgan fingerprint density at radius 1 is 1.14 bits per heavy atom. The number of carboxylic acid groups (broad SMARTS) is 2. The second-order valence-electron chi connectivity index (χ2n) is 8.61. The van der Waals surface area contributed by atoms with E-state index >= 15 is 0 Å². The monoisotopic (exact) mass is 529 g/mol. The minimum Gasteiger partial charge on any atom is -0.480 e. The summed E-state index contributed by atoms with van der Waals surface area (Å²) in [6.07, 6.45) is 3.83. The molecule has 36 heavy (non-hydrogen) atoms. The first kappa shape index (κ1) is 29.4. The largest absolute Gasteiger partial charge is 0.480 e. The first-order chi connectivity index (χ1) is 17.1. The maximum Gasteiger partial charge on any atom is 0.322 e. The van der Waals surface area contributed by atoms with Crippen molar-refractivity contribution in [1.82, 2.24) is 25.1 Å². The molecule has 2 amide bonds. The molecule has 3 atom stereocenters. The topological polar surface area (TPSA) is 226 Å². The average molecular weight is 530 g/mol. The van der Waals surface area contributed by atoms with Crippen molar-refractivity contribution in [3.63, 3.8) is 0 Å². The fraction of sp³-hybridized carbons (Fsp3) is 0.667. The lowest BCUT2D eigenvalue weighted by Crippen LogP contribution is -2.49. The molecule has 0 aliphatic carbocycles. The van der Waals surface area contributed by atoms with E-state index in [1.807, 2.05) is 0 Å². The second-order valence-corrected chi connectivity index (χ2v) is 9.65. The van der Waals surface area contributed by atoms with Crippen molar-refractivity contribution >= 4 is 41.5 Å². The zero-order valence-corrected chi connectivity index (χ0v) is 20.8. The van der Waals surface area contributed by atoms with E-state index in [1.165, 1.54) is 12.6 Å². The van der Waals surface area contributed by atoms with Crippen molar-refractivity contribution in [2.75, 3.05) is 37.7 Å². The first-order valence-electron chi connectivity index (χ1n) is 11.7. The summed E-state index contributed by atoms with van der Waals surface area (Å²) in [5.41, 5.74) is 11.4. The number of imidazole rings is 1. The summed E-state index contributed by atoms with van der Waals surface area (Å²) in [5.74, 6) is -3.62. The zero-order valence-electron chi connectivity index (χ0n) is 20.0. The summed E-state index contributed by atoms with van der Waals surface area (Å²) in [6.45, 7) is 1.92. The van der Waals surface area contributed by atoms with Crippen LogP contribution in [0.3, 0.4) is 0 Å². The molecule has 1 fully saturated rings. The van der Waals surface area contributed by atoms with E-state index in [-0.39, 0.29) is 31.1 Å². The fourth-order valence-corrected chi connectivity index (χ4v) is 4.72. The minimum atomic E-state index is -1.25. The molecule has 1 aliphatic rings. The maximum atomic E-state index is 12.5. The number of β-amino-alcohol motifs (C(OH)–C–C–N with tert-alkyl or cyclic N) is 1. The van der Waals surface area contributed by atoms with Crippen molar-refractivity contribution in [2.24, 2.45) is 5.73 Å². The summed E-state index contributed by atoms with van der Waals surface area (Å²) in [5, 5.41) is 33.6. The van der Waals surface area contributed by atoms with Gasteiger partial charge in [0, 0.05) is 18.7 Å². The number of likely N-dealkylation sites (tertiary alicyclic amines) is 1. The van der Waals surface area contributed by atoms with Crippen LogP contribution in [-0.2, 0) is 25.7 Å². The lowest BCUT2D eigenvalue weighted by Gasteiger charge is -2.28. The number of aromatic nitrogens is 2. The lowest BCUT2D eigenvalue weighted by atomic mass is 10.1. The molecule has 14 nitrogen and oxygen atoms in total. The number of anilines is 1. The number of piperidine rings is 1. The molecule has 1 aromatic rings. The fourth-order valence-electron chi connectivity index (χ4n) is 3.69. The van der Waals surface area contributed by atoms with Crippen LogP contribution in [0.15, 0.2) is 11.2 Å². The van der Waals surface area contributed by atoms with Crippen LogP contribution in [0, 0.1) is 0 Å². The predicted molar refractivity (Wildman–Crippen MR) is 131 cm³/mol. The third-order valence-electron chi connectivity index (χ3n) is 5.62. The summed E-state index contributed by atoms with van der Waals surface area (Å²) in [6, 6.07) is -2.34. The van der Waals surface area contributed by atoms with Crippen molar-refractivity contribution in [1.29, 1.82) is 0 Å². The van der Waals surface area contributed by atoms with Crippen LogP contribution < -0.4 is 22.1 Å². The van der Waals surface area contributed by atoms with Gasteiger partial charge in [-0.1, -0.05) is 6.42 Å². The third kappa shape index (κ3) is 10.0. The number of carbonyl (C=O) groups excluding carboxylic acids is 2. The number of nitrogens with one attached hydrogen (secondary N) is 2. The normalized spacial score (nSPS) is 16.6. The Morgan fingerprint density at radius 2 is 1.83 bits per heavy atom. The predicted octanol–water partition coefficient (Wildman–Crippen LogP) is -1.72. The molecule has 202 valence electrons. The SMILES string of the molecule is Nc1ncc(SCC(NC(=O)CCC(N)C(=O)O)C(=O)NCC(=O)O)n1CC(O)CN1CCCCC1. The molecule has 1 aliphatic heterocycles. The van der Waals surface area contributed by atoms with Crippen LogP contribution >= 0.6 is 11.8 Å². The van der Waals surface area contributed by atoms with Gasteiger partial charge in [-0.25, -0.2) is 4.98 Å². The van der Waals surface area contributed by atoms with E-state index in [4.69, 9.17) is 21.7 Å². The van der Waals surface area contributed by atoms with Gasteiger partial charge in [0.25, 0.3) is 0 Å². The summed E-state index contributed by atoms with van der Waals surface area (Å²) in [4.78, 5) is 52.8. The van der Waals surface area contributed by atoms with Crippen LogP contribution in [0.25, 0.3) is 0 Å². The zero-order chi connectivity index (χ0) is 26.7. The highest BCUT2D eigenvalue weighted by atomic mass is 32.2. The van der Waals surface area contributed by atoms with Crippen LogP contribution in [-0.4, -0.2) is 104 Å². The number of hydrogen-bond acceptors (Lipinski definition) is 10. The molecule has 0 aromatic carbocycles. The number of carbonyl (C=O) groups is 4. The van der Waals surface area contributed by atoms with Gasteiger partial charge >= 0.3 is 11.9 Å². The van der Waals surface area contributed by atoms with Gasteiger partial charge in [-0.2, -0.15) is 0 Å². The molecule has 9 N–H and O–H groups in total.